The van der Waals surface area contributed by atoms with Gasteiger partial charge in [-0.15, -0.1) is 0 Å². The molecule has 0 fully saturated rings. The van der Waals surface area contributed by atoms with Crippen LogP contribution in [0, 0.1) is 0 Å². The summed E-state index contributed by atoms with van der Waals surface area (Å²) in [6, 6.07) is 0. The molecule has 0 atom stereocenters. The lowest BCUT2D eigenvalue weighted by Gasteiger charge is -2.02. The first-order valence-electron chi connectivity index (χ1n) is 4.65. The zero-order valence-corrected chi connectivity index (χ0v) is 9.16. The number of sulfonamides is 1. The van der Waals surface area contributed by atoms with E-state index in [1.807, 2.05) is 0 Å². The van der Waals surface area contributed by atoms with E-state index in [0.29, 0.717) is 13.0 Å². The van der Waals surface area contributed by atoms with Crippen molar-refractivity contribution in [2.75, 3.05) is 6.54 Å². The number of nitrogens with zero attached hydrogens (tertiary/aromatic N) is 2. The fourth-order valence-electron chi connectivity index (χ4n) is 1.21. The number of rotatable bonds is 5. The Morgan fingerprint density at radius 2 is 2.31 bits per heavy atom. The van der Waals surface area contributed by atoms with Gasteiger partial charge in [0.15, 0.2) is 0 Å². The monoisotopic (exact) mass is 241 g/mol. The zero-order chi connectivity index (χ0) is 11.4. The Bertz CT molecular complexity index is 517. The van der Waals surface area contributed by atoms with Gasteiger partial charge in [-0.3, -0.25) is 5.10 Å². The second-order valence-corrected chi connectivity index (χ2v) is 4.88. The van der Waals surface area contributed by atoms with Gasteiger partial charge < -0.3 is 4.98 Å². The Balaban J connectivity index is 1.91. The highest BCUT2D eigenvalue weighted by atomic mass is 32.2. The molecule has 0 spiro atoms. The summed E-state index contributed by atoms with van der Waals surface area (Å²) in [6.07, 6.45) is 6.42. The van der Waals surface area contributed by atoms with Gasteiger partial charge in [-0.2, -0.15) is 5.10 Å². The molecule has 3 N–H and O–H groups in total. The van der Waals surface area contributed by atoms with Crippen LogP contribution in [0.1, 0.15) is 5.82 Å². The molecule has 0 aliphatic heterocycles. The molecular weight excluding hydrogens is 230 g/mol. The summed E-state index contributed by atoms with van der Waals surface area (Å²) in [7, 11) is -3.46. The van der Waals surface area contributed by atoms with Gasteiger partial charge in [0.05, 0.1) is 6.20 Å². The molecule has 0 saturated heterocycles. The molecule has 0 aliphatic carbocycles. The summed E-state index contributed by atoms with van der Waals surface area (Å²) in [4.78, 5) is 7.01. The van der Waals surface area contributed by atoms with Crippen LogP contribution in [0.15, 0.2) is 29.7 Å². The first-order chi connectivity index (χ1) is 7.68. The summed E-state index contributed by atoms with van der Waals surface area (Å²) in [5, 5.41) is 6.04. The van der Waals surface area contributed by atoms with Crippen molar-refractivity contribution in [2.24, 2.45) is 0 Å². The molecule has 16 heavy (non-hydrogen) atoms. The highest BCUT2D eigenvalue weighted by molar-refractivity contribution is 7.89. The van der Waals surface area contributed by atoms with Crippen molar-refractivity contribution in [2.45, 2.75) is 11.3 Å². The number of imidazole rings is 1. The van der Waals surface area contributed by atoms with Crippen LogP contribution in [-0.4, -0.2) is 35.1 Å². The van der Waals surface area contributed by atoms with Crippen molar-refractivity contribution in [3.05, 3.63) is 30.6 Å². The number of hydrogen-bond donors (Lipinski definition) is 3. The number of hydrogen-bond acceptors (Lipinski definition) is 4. The quantitative estimate of drug-likeness (QED) is 0.665. The summed E-state index contributed by atoms with van der Waals surface area (Å²) in [5.74, 6) is 0.745. The Morgan fingerprint density at radius 3 is 2.94 bits per heavy atom. The van der Waals surface area contributed by atoms with E-state index in [1.54, 1.807) is 12.4 Å². The minimum absolute atomic E-state index is 0.131. The number of nitrogens with one attached hydrogen (secondary N) is 3. The molecular formula is C8H11N5O2S. The molecule has 0 saturated carbocycles. The third kappa shape index (κ3) is 2.47. The summed E-state index contributed by atoms with van der Waals surface area (Å²) >= 11 is 0. The van der Waals surface area contributed by atoms with Gasteiger partial charge >= 0.3 is 0 Å². The maximum atomic E-state index is 11.6. The lowest BCUT2D eigenvalue weighted by Crippen LogP contribution is -2.25. The zero-order valence-electron chi connectivity index (χ0n) is 8.34. The van der Waals surface area contributed by atoms with E-state index in [4.69, 9.17) is 0 Å². The van der Waals surface area contributed by atoms with E-state index in [1.165, 1.54) is 12.4 Å². The average Bonchev–Trinajstić information content (AvgIpc) is 2.90. The lowest BCUT2D eigenvalue weighted by atomic mass is 10.4. The van der Waals surface area contributed by atoms with Gasteiger partial charge in [0.2, 0.25) is 10.0 Å². The molecule has 0 bridgehead atoms. The van der Waals surface area contributed by atoms with Gasteiger partial charge in [-0.1, -0.05) is 0 Å². The van der Waals surface area contributed by atoms with Crippen molar-refractivity contribution in [3.63, 3.8) is 0 Å². The van der Waals surface area contributed by atoms with Gasteiger partial charge in [-0.05, 0) is 0 Å². The first kappa shape index (κ1) is 10.8. The fourth-order valence-corrected chi connectivity index (χ4v) is 2.14. The smallest absolute Gasteiger partial charge is 0.243 e. The van der Waals surface area contributed by atoms with Crippen molar-refractivity contribution in [1.29, 1.82) is 0 Å². The average molecular weight is 241 g/mol. The number of aromatic nitrogens is 4. The maximum Gasteiger partial charge on any atom is 0.243 e. The van der Waals surface area contributed by atoms with Crippen molar-refractivity contribution >= 4 is 10.0 Å². The van der Waals surface area contributed by atoms with Crippen LogP contribution in [0.3, 0.4) is 0 Å². The molecule has 2 rings (SSSR count). The van der Waals surface area contributed by atoms with E-state index in [-0.39, 0.29) is 4.90 Å². The predicted octanol–water partition coefficient (Wildman–Crippen LogP) is -0.346. The third-order valence-corrected chi connectivity index (χ3v) is 3.42. The van der Waals surface area contributed by atoms with Crippen LogP contribution in [0.5, 0.6) is 0 Å². The molecule has 0 aliphatic rings. The van der Waals surface area contributed by atoms with E-state index in [9.17, 15) is 8.42 Å². The molecule has 8 heteroatoms. The van der Waals surface area contributed by atoms with Crippen LogP contribution < -0.4 is 4.72 Å². The van der Waals surface area contributed by atoms with Crippen molar-refractivity contribution in [1.82, 2.24) is 24.9 Å². The Hall–Kier alpha value is -1.67. The van der Waals surface area contributed by atoms with E-state index in [0.717, 1.165) is 5.82 Å². The Kier molecular flexibility index (Phi) is 3.02. The highest BCUT2D eigenvalue weighted by Gasteiger charge is 2.14. The summed E-state index contributed by atoms with van der Waals surface area (Å²) in [6.45, 7) is 0.293. The molecule has 86 valence electrons. The van der Waals surface area contributed by atoms with Gasteiger partial charge in [0.1, 0.15) is 10.7 Å². The maximum absolute atomic E-state index is 11.6. The van der Waals surface area contributed by atoms with Crippen LogP contribution >= 0.6 is 0 Å². The van der Waals surface area contributed by atoms with Crippen molar-refractivity contribution < 1.29 is 8.42 Å². The lowest BCUT2D eigenvalue weighted by molar-refractivity contribution is 0.581. The van der Waals surface area contributed by atoms with E-state index in [2.05, 4.69) is 24.9 Å². The Morgan fingerprint density at radius 1 is 1.44 bits per heavy atom. The van der Waals surface area contributed by atoms with Crippen LogP contribution in [0.25, 0.3) is 0 Å². The van der Waals surface area contributed by atoms with E-state index < -0.39 is 10.0 Å². The minimum atomic E-state index is -3.46. The third-order valence-electron chi connectivity index (χ3n) is 1.99. The summed E-state index contributed by atoms with van der Waals surface area (Å²) < 4.78 is 25.7. The molecule has 2 aromatic rings. The molecule has 0 aromatic carbocycles. The largest absolute Gasteiger partial charge is 0.349 e. The van der Waals surface area contributed by atoms with Crippen LogP contribution in [0.2, 0.25) is 0 Å². The number of H-pyrrole nitrogens is 2. The SMILES string of the molecule is O=S(=O)(NCCc1ncc[nH]1)c1cn[nH]c1. The predicted molar refractivity (Wildman–Crippen MR) is 56.1 cm³/mol. The minimum Gasteiger partial charge on any atom is -0.349 e. The molecule has 7 nitrogen and oxygen atoms in total. The van der Waals surface area contributed by atoms with E-state index >= 15 is 0 Å². The van der Waals surface area contributed by atoms with Crippen molar-refractivity contribution in [3.8, 4) is 0 Å². The second-order valence-electron chi connectivity index (χ2n) is 3.12. The molecule has 2 heterocycles. The van der Waals surface area contributed by atoms with Gasteiger partial charge in [0.25, 0.3) is 0 Å². The van der Waals surface area contributed by atoms with Crippen LogP contribution in [-0.2, 0) is 16.4 Å². The second kappa shape index (κ2) is 4.45. The molecule has 0 unspecified atom stereocenters. The first-order valence-corrected chi connectivity index (χ1v) is 6.13. The summed E-state index contributed by atoms with van der Waals surface area (Å²) in [5.41, 5.74) is 0. The topological polar surface area (TPSA) is 104 Å². The molecule has 0 radical (unpaired) electrons. The normalized spacial score (nSPS) is 11.8. The molecule has 0 amide bonds. The van der Waals surface area contributed by atoms with Gasteiger partial charge in [0, 0.05) is 31.6 Å². The molecule has 2 aromatic heterocycles. The van der Waals surface area contributed by atoms with Gasteiger partial charge in [-0.25, -0.2) is 18.1 Å². The number of aromatic amines is 2. The van der Waals surface area contributed by atoms with Crippen LogP contribution in [0.4, 0.5) is 0 Å². The Labute approximate surface area is 92.4 Å². The standard InChI is InChI=1S/C8H11N5O2S/c14-16(15,7-5-11-12-6-7)13-2-1-8-9-3-4-10-8/h3-6,13H,1-2H2,(H,9,10)(H,11,12). The highest BCUT2D eigenvalue weighted by Crippen LogP contribution is 2.03. The fraction of sp³-hybridized carbons (Fsp3) is 0.250.